The van der Waals surface area contributed by atoms with Gasteiger partial charge in [-0.1, -0.05) is 56.5 Å². The third-order valence-electron chi connectivity index (χ3n) is 7.26. The van der Waals surface area contributed by atoms with Crippen molar-refractivity contribution in [2.45, 2.75) is 76.8 Å². The van der Waals surface area contributed by atoms with Crippen LogP contribution in [0.4, 0.5) is 15.9 Å². The lowest BCUT2D eigenvalue weighted by atomic mass is 9.94. The predicted octanol–water partition coefficient (Wildman–Crippen LogP) is 6.12. The molecular formula is C32H37FN4O3. The number of nitrogens with one attached hydrogen (secondary N) is 2. The summed E-state index contributed by atoms with van der Waals surface area (Å²) in [6, 6.07) is 17.6. The summed E-state index contributed by atoms with van der Waals surface area (Å²) in [6.07, 6.45) is 7.94. The number of halogens is 1. The highest BCUT2D eigenvalue weighted by Gasteiger charge is 2.34. The highest BCUT2D eigenvalue weighted by Crippen LogP contribution is 2.31. The average molecular weight is 545 g/mol. The summed E-state index contributed by atoms with van der Waals surface area (Å²) >= 11 is 0. The van der Waals surface area contributed by atoms with Crippen LogP contribution in [-0.4, -0.2) is 28.7 Å². The number of hydrogen-bond acceptors (Lipinski definition) is 4. The number of hydrogen-bond donors (Lipinski definition) is 2. The molecule has 40 heavy (non-hydrogen) atoms. The molecule has 8 heteroatoms. The monoisotopic (exact) mass is 544 g/mol. The average Bonchev–Trinajstić information content (AvgIpc) is 2.97. The number of aryl methyl sites for hydroxylation is 1. The zero-order valence-corrected chi connectivity index (χ0v) is 22.9. The maximum atomic E-state index is 13.9. The highest BCUT2D eigenvalue weighted by molar-refractivity contribution is 6.01. The van der Waals surface area contributed by atoms with E-state index < -0.39 is 11.9 Å². The Kier molecular flexibility index (Phi) is 10.4. The molecule has 0 bridgehead atoms. The summed E-state index contributed by atoms with van der Waals surface area (Å²) in [5.41, 5.74) is 2.20. The Labute approximate surface area is 235 Å². The third-order valence-corrected chi connectivity index (χ3v) is 7.26. The van der Waals surface area contributed by atoms with E-state index in [1.165, 1.54) is 17.0 Å². The van der Waals surface area contributed by atoms with Crippen LogP contribution in [0.15, 0.2) is 72.9 Å². The van der Waals surface area contributed by atoms with Crippen LogP contribution in [0.2, 0.25) is 0 Å². The molecule has 1 aliphatic carbocycles. The van der Waals surface area contributed by atoms with Gasteiger partial charge >= 0.3 is 0 Å². The SMILES string of the molecule is CCc1ccc(N(C(=O)CCCC(=O)Nc2ccccn2)C(C(=O)NC2CCCCC2)c2ccc(F)cc2)cc1. The summed E-state index contributed by atoms with van der Waals surface area (Å²) in [4.78, 5) is 45.7. The number of nitrogens with zero attached hydrogens (tertiary/aromatic N) is 2. The number of benzene rings is 2. The maximum absolute atomic E-state index is 13.9. The predicted molar refractivity (Wildman–Crippen MR) is 154 cm³/mol. The summed E-state index contributed by atoms with van der Waals surface area (Å²) in [7, 11) is 0. The largest absolute Gasteiger partial charge is 0.351 e. The Hall–Kier alpha value is -4.07. The van der Waals surface area contributed by atoms with Gasteiger partial charge in [-0.15, -0.1) is 0 Å². The lowest BCUT2D eigenvalue weighted by Gasteiger charge is -2.33. The molecule has 1 saturated carbocycles. The van der Waals surface area contributed by atoms with E-state index in [4.69, 9.17) is 0 Å². The van der Waals surface area contributed by atoms with Gasteiger partial charge in [-0.2, -0.15) is 0 Å². The van der Waals surface area contributed by atoms with Crippen LogP contribution < -0.4 is 15.5 Å². The molecular weight excluding hydrogens is 507 g/mol. The highest BCUT2D eigenvalue weighted by atomic mass is 19.1. The topological polar surface area (TPSA) is 91.4 Å². The second kappa shape index (κ2) is 14.4. The van der Waals surface area contributed by atoms with E-state index in [0.29, 0.717) is 23.5 Å². The normalized spacial score (nSPS) is 14.2. The first-order valence-corrected chi connectivity index (χ1v) is 14.1. The van der Waals surface area contributed by atoms with Gasteiger partial charge in [0.05, 0.1) is 0 Å². The molecule has 2 N–H and O–H groups in total. The van der Waals surface area contributed by atoms with Crippen LogP contribution in [0.1, 0.15) is 75.5 Å². The zero-order chi connectivity index (χ0) is 28.3. The van der Waals surface area contributed by atoms with Crippen LogP contribution >= 0.6 is 0 Å². The van der Waals surface area contributed by atoms with Crippen LogP contribution in [0.25, 0.3) is 0 Å². The van der Waals surface area contributed by atoms with Crippen LogP contribution in [0.5, 0.6) is 0 Å². The number of rotatable bonds is 11. The Morgan fingerprint density at radius 2 is 1.68 bits per heavy atom. The number of aromatic nitrogens is 1. The van der Waals surface area contributed by atoms with Gasteiger partial charge in [0.25, 0.3) is 0 Å². The molecule has 1 heterocycles. The van der Waals surface area contributed by atoms with Gasteiger partial charge < -0.3 is 10.6 Å². The fourth-order valence-corrected chi connectivity index (χ4v) is 5.08. The van der Waals surface area contributed by atoms with Crippen molar-refractivity contribution < 1.29 is 18.8 Å². The molecule has 0 aliphatic heterocycles. The lowest BCUT2D eigenvalue weighted by molar-refractivity contribution is -0.127. The first-order valence-electron chi connectivity index (χ1n) is 14.1. The Morgan fingerprint density at radius 1 is 0.950 bits per heavy atom. The minimum absolute atomic E-state index is 0.0407. The van der Waals surface area contributed by atoms with Gasteiger partial charge in [0.1, 0.15) is 17.7 Å². The van der Waals surface area contributed by atoms with Gasteiger partial charge in [-0.3, -0.25) is 19.3 Å². The minimum Gasteiger partial charge on any atom is -0.351 e. The lowest BCUT2D eigenvalue weighted by Crippen LogP contribution is -2.47. The molecule has 2 aromatic carbocycles. The molecule has 1 atom stereocenters. The molecule has 1 unspecified atom stereocenters. The number of amides is 3. The second-order valence-corrected chi connectivity index (χ2v) is 10.2. The Balaban J connectivity index is 1.58. The molecule has 3 aromatic rings. The van der Waals surface area contributed by atoms with E-state index in [9.17, 15) is 18.8 Å². The Bertz CT molecular complexity index is 1260. The van der Waals surface area contributed by atoms with Gasteiger partial charge in [0.2, 0.25) is 17.7 Å². The molecule has 0 saturated heterocycles. The molecule has 0 radical (unpaired) electrons. The zero-order valence-electron chi connectivity index (χ0n) is 22.9. The van der Waals surface area contributed by atoms with Crippen molar-refractivity contribution in [1.29, 1.82) is 0 Å². The van der Waals surface area contributed by atoms with Crippen LogP contribution in [-0.2, 0) is 20.8 Å². The van der Waals surface area contributed by atoms with Crippen molar-refractivity contribution in [3.8, 4) is 0 Å². The quantitative estimate of drug-likeness (QED) is 0.304. The molecule has 1 aromatic heterocycles. The van der Waals surface area contributed by atoms with Crippen LogP contribution in [0.3, 0.4) is 0 Å². The number of carbonyl (C=O) groups excluding carboxylic acids is 3. The van der Waals surface area contributed by atoms with E-state index in [1.54, 1.807) is 36.5 Å². The standard InChI is InChI=1S/C32H37FN4O3/c1-2-23-14-20-27(21-15-23)37(30(39)13-8-12-29(38)36-28-11-6-7-22-34-28)31(24-16-18-25(33)19-17-24)32(40)35-26-9-4-3-5-10-26/h6-7,11,14-22,26,31H,2-5,8-10,12-13H2,1H3,(H,35,40)(H,34,36,38). The first-order chi connectivity index (χ1) is 19.4. The number of anilines is 2. The van der Waals surface area contributed by atoms with Gasteiger partial charge in [-0.05, 0) is 73.2 Å². The van der Waals surface area contributed by atoms with Gasteiger partial charge in [-0.25, -0.2) is 9.37 Å². The van der Waals surface area contributed by atoms with Crippen molar-refractivity contribution in [3.05, 3.63) is 89.9 Å². The van der Waals surface area contributed by atoms with Crippen molar-refractivity contribution in [2.24, 2.45) is 0 Å². The molecule has 1 aliphatic rings. The molecule has 7 nitrogen and oxygen atoms in total. The van der Waals surface area contributed by atoms with Crippen molar-refractivity contribution in [2.75, 3.05) is 10.2 Å². The smallest absolute Gasteiger partial charge is 0.248 e. The molecule has 0 spiro atoms. The maximum Gasteiger partial charge on any atom is 0.248 e. The van der Waals surface area contributed by atoms with Crippen LogP contribution in [0, 0.1) is 5.82 Å². The van der Waals surface area contributed by atoms with Gasteiger partial charge in [0, 0.05) is 30.8 Å². The second-order valence-electron chi connectivity index (χ2n) is 10.2. The van der Waals surface area contributed by atoms with E-state index >= 15 is 0 Å². The summed E-state index contributed by atoms with van der Waals surface area (Å²) < 4.78 is 13.9. The summed E-state index contributed by atoms with van der Waals surface area (Å²) in [5, 5.41) is 5.90. The molecule has 3 amide bonds. The molecule has 210 valence electrons. The summed E-state index contributed by atoms with van der Waals surface area (Å²) in [5.74, 6) is -0.788. The minimum atomic E-state index is -0.982. The van der Waals surface area contributed by atoms with E-state index in [1.807, 2.05) is 31.2 Å². The third kappa shape index (κ3) is 7.97. The Morgan fingerprint density at radius 3 is 2.33 bits per heavy atom. The molecule has 1 fully saturated rings. The van der Waals surface area contributed by atoms with E-state index in [2.05, 4.69) is 15.6 Å². The fourth-order valence-electron chi connectivity index (χ4n) is 5.08. The van der Waals surface area contributed by atoms with Crippen molar-refractivity contribution in [3.63, 3.8) is 0 Å². The van der Waals surface area contributed by atoms with Crippen molar-refractivity contribution >= 4 is 29.2 Å². The molecule has 4 rings (SSSR count). The summed E-state index contributed by atoms with van der Waals surface area (Å²) in [6.45, 7) is 2.05. The van der Waals surface area contributed by atoms with Gasteiger partial charge in [0.15, 0.2) is 0 Å². The number of pyridine rings is 1. The van der Waals surface area contributed by atoms with Crippen molar-refractivity contribution in [1.82, 2.24) is 10.3 Å². The first kappa shape index (κ1) is 28.9. The van der Waals surface area contributed by atoms with E-state index in [-0.39, 0.29) is 36.6 Å². The fraction of sp³-hybridized carbons (Fsp3) is 0.375. The number of carbonyl (C=O) groups is 3. The van der Waals surface area contributed by atoms with E-state index in [0.717, 1.165) is 44.1 Å².